The lowest BCUT2D eigenvalue weighted by atomic mass is 10.1. The molecule has 0 radical (unpaired) electrons. The summed E-state index contributed by atoms with van der Waals surface area (Å²) in [5.41, 5.74) is 0.530. The molecule has 1 aromatic heterocycles. The molecule has 1 N–H and O–H groups in total. The number of carbonyl (C=O) groups is 1. The van der Waals surface area contributed by atoms with Gasteiger partial charge >= 0.3 is 5.97 Å². The van der Waals surface area contributed by atoms with Gasteiger partial charge in [0.25, 0.3) is 0 Å². The Balaban J connectivity index is 1.72. The number of nitrogens with zero attached hydrogens (tertiary/aromatic N) is 3. The molecule has 1 saturated heterocycles. The molecule has 7 heteroatoms. The van der Waals surface area contributed by atoms with Crippen LogP contribution in [0.15, 0.2) is 12.4 Å². The van der Waals surface area contributed by atoms with Crippen LogP contribution in [0.4, 0.5) is 0 Å². The largest absolute Gasteiger partial charge is 0.462 e. The van der Waals surface area contributed by atoms with E-state index >= 15 is 0 Å². The highest BCUT2D eigenvalue weighted by Gasteiger charge is 2.20. The zero-order valence-corrected chi connectivity index (χ0v) is 16.3. The monoisotopic (exact) mass is 366 g/mol. The fourth-order valence-corrected chi connectivity index (χ4v) is 3.35. The highest BCUT2D eigenvalue weighted by molar-refractivity contribution is 5.88. The first kappa shape index (κ1) is 20.9. The van der Waals surface area contributed by atoms with E-state index in [-0.39, 0.29) is 5.97 Å². The molecule has 26 heavy (non-hydrogen) atoms. The van der Waals surface area contributed by atoms with Crippen molar-refractivity contribution in [2.24, 2.45) is 0 Å². The van der Waals surface area contributed by atoms with Gasteiger partial charge < -0.3 is 14.8 Å². The van der Waals surface area contributed by atoms with Crippen molar-refractivity contribution in [2.75, 3.05) is 46.0 Å². The summed E-state index contributed by atoms with van der Waals surface area (Å²) in [6.07, 6.45) is 7.94. The Morgan fingerprint density at radius 2 is 2.19 bits per heavy atom. The van der Waals surface area contributed by atoms with Crippen LogP contribution in [0, 0.1) is 0 Å². The van der Waals surface area contributed by atoms with Crippen molar-refractivity contribution in [1.82, 2.24) is 20.0 Å². The van der Waals surface area contributed by atoms with Crippen LogP contribution in [0.25, 0.3) is 0 Å². The molecule has 2 heterocycles. The molecule has 1 atom stereocenters. The molecule has 1 aliphatic heterocycles. The maximum atomic E-state index is 11.7. The van der Waals surface area contributed by atoms with Crippen LogP contribution < -0.4 is 5.32 Å². The van der Waals surface area contributed by atoms with Gasteiger partial charge in [-0.3, -0.25) is 9.58 Å². The number of aryl methyl sites for hydroxylation is 1. The summed E-state index contributed by atoms with van der Waals surface area (Å²) in [7, 11) is 0. The van der Waals surface area contributed by atoms with Gasteiger partial charge in [-0.2, -0.15) is 5.10 Å². The first-order valence-electron chi connectivity index (χ1n) is 9.96. The van der Waals surface area contributed by atoms with Gasteiger partial charge in [0.05, 0.1) is 25.0 Å². The normalized spacial score (nSPS) is 18.6. The van der Waals surface area contributed by atoms with Crippen molar-refractivity contribution in [2.45, 2.75) is 52.1 Å². The third-order valence-electron chi connectivity index (χ3n) is 4.74. The lowest BCUT2D eigenvalue weighted by Gasteiger charge is -2.29. The third kappa shape index (κ3) is 7.05. The molecule has 0 bridgehead atoms. The van der Waals surface area contributed by atoms with Gasteiger partial charge in [-0.15, -0.1) is 0 Å². The molecule has 148 valence electrons. The molecule has 2 rings (SSSR count). The van der Waals surface area contributed by atoms with E-state index in [0.717, 1.165) is 58.8 Å². The molecular formula is C19H34N4O3. The Labute approximate surface area is 157 Å². The Morgan fingerprint density at radius 1 is 1.31 bits per heavy atom. The first-order chi connectivity index (χ1) is 12.7. The van der Waals surface area contributed by atoms with E-state index in [0.29, 0.717) is 18.2 Å². The highest BCUT2D eigenvalue weighted by Crippen LogP contribution is 2.12. The van der Waals surface area contributed by atoms with Crippen LogP contribution in [-0.4, -0.2) is 72.7 Å². The van der Waals surface area contributed by atoms with Gasteiger partial charge in [0.1, 0.15) is 0 Å². The number of carbonyl (C=O) groups excluding carboxylic acids is 1. The standard InChI is InChI=1S/C19H34N4O3/c1-3-25-13-12-22-10-7-9-20-15-18(22)8-5-6-11-23-16-17(14-21-23)19(24)26-4-2/h14,16,18,20H,3-13,15H2,1-2H3. The molecule has 0 aromatic carbocycles. The Morgan fingerprint density at radius 3 is 3.00 bits per heavy atom. The van der Waals surface area contributed by atoms with Crippen LogP contribution in [0.3, 0.4) is 0 Å². The van der Waals surface area contributed by atoms with Crippen molar-refractivity contribution < 1.29 is 14.3 Å². The predicted octanol–water partition coefficient (Wildman–Crippen LogP) is 1.93. The minimum absolute atomic E-state index is 0.298. The van der Waals surface area contributed by atoms with E-state index < -0.39 is 0 Å². The second-order valence-electron chi connectivity index (χ2n) is 6.65. The molecule has 1 aromatic rings. The second kappa shape index (κ2) is 12.0. The lowest BCUT2D eigenvalue weighted by molar-refractivity contribution is 0.0526. The number of aromatic nitrogens is 2. The van der Waals surface area contributed by atoms with Gasteiger partial charge in [-0.25, -0.2) is 4.79 Å². The molecule has 0 amide bonds. The smallest absolute Gasteiger partial charge is 0.341 e. The fourth-order valence-electron chi connectivity index (χ4n) is 3.35. The lowest BCUT2D eigenvalue weighted by Crippen LogP contribution is -2.41. The quantitative estimate of drug-likeness (QED) is 0.477. The second-order valence-corrected chi connectivity index (χ2v) is 6.65. The summed E-state index contributed by atoms with van der Waals surface area (Å²) in [4.78, 5) is 14.2. The summed E-state index contributed by atoms with van der Waals surface area (Å²) >= 11 is 0. The van der Waals surface area contributed by atoms with Crippen LogP contribution in [0.5, 0.6) is 0 Å². The maximum Gasteiger partial charge on any atom is 0.341 e. The molecule has 0 aliphatic carbocycles. The Hall–Kier alpha value is -1.44. The minimum Gasteiger partial charge on any atom is -0.462 e. The SMILES string of the molecule is CCOCCN1CCCNCC1CCCCn1cc(C(=O)OCC)cn1. The number of ether oxygens (including phenoxy) is 2. The van der Waals surface area contributed by atoms with Gasteiger partial charge in [-0.1, -0.05) is 6.42 Å². The van der Waals surface area contributed by atoms with Crippen molar-refractivity contribution in [3.8, 4) is 0 Å². The van der Waals surface area contributed by atoms with Crippen molar-refractivity contribution in [1.29, 1.82) is 0 Å². The third-order valence-corrected chi connectivity index (χ3v) is 4.74. The van der Waals surface area contributed by atoms with E-state index in [1.165, 1.54) is 12.8 Å². The van der Waals surface area contributed by atoms with E-state index in [2.05, 4.69) is 15.3 Å². The maximum absolute atomic E-state index is 11.7. The number of unbranched alkanes of at least 4 members (excludes halogenated alkanes) is 1. The summed E-state index contributed by atoms with van der Waals surface area (Å²) in [5, 5.41) is 7.81. The summed E-state index contributed by atoms with van der Waals surface area (Å²) < 4.78 is 12.4. The van der Waals surface area contributed by atoms with E-state index in [4.69, 9.17) is 9.47 Å². The average Bonchev–Trinajstić information content (AvgIpc) is 3.00. The zero-order valence-electron chi connectivity index (χ0n) is 16.3. The van der Waals surface area contributed by atoms with Crippen LogP contribution >= 0.6 is 0 Å². The van der Waals surface area contributed by atoms with Crippen LogP contribution in [0.1, 0.15) is 49.9 Å². The van der Waals surface area contributed by atoms with Gasteiger partial charge in [-0.05, 0) is 46.2 Å². The van der Waals surface area contributed by atoms with Crippen molar-refractivity contribution in [3.63, 3.8) is 0 Å². The Bertz CT molecular complexity index is 521. The minimum atomic E-state index is -0.298. The van der Waals surface area contributed by atoms with Gasteiger partial charge in [0, 0.05) is 38.5 Å². The van der Waals surface area contributed by atoms with E-state index in [1.54, 1.807) is 12.4 Å². The van der Waals surface area contributed by atoms with Crippen LogP contribution in [0.2, 0.25) is 0 Å². The number of hydrogen-bond acceptors (Lipinski definition) is 6. The number of rotatable bonds is 11. The zero-order chi connectivity index (χ0) is 18.6. The van der Waals surface area contributed by atoms with Gasteiger partial charge in [0.15, 0.2) is 0 Å². The molecule has 0 saturated carbocycles. The first-order valence-corrected chi connectivity index (χ1v) is 9.96. The highest BCUT2D eigenvalue weighted by atomic mass is 16.5. The number of hydrogen-bond donors (Lipinski definition) is 1. The predicted molar refractivity (Wildman–Crippen MR) is 101 cm³/mol. The summed E-state index contributed by atoms with van der Waals surface area (Å²) in [6, 6.07) is 0.575. The van der Waals surface area contributed by atoms with Gasteiger partial charge in [0.2, 0.25) is 0 Å². The Kier molecular flexibility index (Phi) is 9.66. The van der Waals surface area contributed by atoms with E-state index in [9.17, 15) is 4.79 Å². The van der Waals surface area contributed by atoms with Crippen molar-refractivity contribution in [3.05, 3.63) is 18.0 Å². The van der Waals surface area contributed by atoms with E-state index in [1.807, 2.05) is 18.5 Å². The molecule has 1 unspecified atom stereocenters. The van der Waals surface area contributed by atoms with Crippen LogP contribution in [-0.2, 0) is 16.0 Å². The molecule has 1 aliphatic rings. The van der Waals surface area contributed by atoms with Crippen molar-refractivity contribution >= 4 is 5.97 Å². The summed E-state index contributed by atoms with van der Waals surface area (Å²) in [5.74, 6) is -0.298. The molecular weight excluding hydrogens is 332 g/mol. The average molecular weight is 367 g/mol. The molecule has 7 nitrogen and oxygen atoms in total. The topological polar surface area (TPSA) is 68.6 Å². The fraction of sp³-hybridized carbons (Fsp3) is 0.789. The molecule has 0 spiro atoms. The molecule has 1 fully saturated rings. The summed E-state index contributed by atoms with van der Waals surface area (Å²) in [6.45, 7) is 11.0. The number of esters is 1. The number of nitrogens with one attached hydrogen (secondary N) is 1.